The zero-order valence-corrected chi connectivity index (χ0v) is 10.4. The first-order valence-electron chi connectivity index (χ1n) is 5.39. The average Bonchev–Trinajstić information content (AvgIpc) is 2.25. The van der Waals surface area contributed by atoms with E-state index in [0.29, 0.717) is 5.75 Å². The minimum atomic E-state index is -0.615. The maximum Gasteiger partial charge on any atom is 0.0685 e. The fourth-order valence-corrected chi connectivity index (χ4v) is 2.41. The molecule has 0 radical (unpaired) electrons. The zero-order chi connectivity index (χ0) is 11.6. The molecule has 0 unspecified atom stereocenters. The molecule has 1 nitrogen and oxygen atoms in total. The predicted octanol–water partition coefficient (Wildman–Crippen LogP) is 3.70. The Hall–Kier alpha value is -0.990. The third-order valence-corrected chi connectivity index (χ3v) is 3.75. The van der Waals surface area contributed by atoms with Crippen LogP contribution >= 0.6 is 11.8 Å². The van der Waals surface area contributed by atoms with Crippen molar-refractivity contribution >= 4 is 22.5 Å². The normalized spacial score (nSPS) is 11.9. The lowest BCUT2D eigenvalue weighted by Gasteiger charge is -2.16. The molecule has 0 amide bonds. The van der Waals surface area contributed by atoms with Crippen LogP contribution in [0.25, 0.3) is 10.8 Å². The Bertz CT molecular complexity index is 485. The van der Waals surface area contributed by atoms with Gasteiger partial charge in [-0.25, -0.2) is 0 Å². The molecule has 0 aromatic heterocycles. The number of hydrogen-bond acceptors (Lipinski definition) is 2. The van der Waals surface area contributed by atoms with E-state index in [1.54, 1.807) is 11.8 Å². The number of thioether (sulfide) groups is 1. The van der Waals surface area contributed by atoms with Crippen molar-refractivity contribution < 1.29 is 5.11 Å². The molecule has 0 aliphatic heterocycles. The monoisotopic (exact) mass is 232 g/mol. The van der Waals surface area contributed by atoms with Crippen molar-refractivity contribution in [3.63, 3.8) is 0 Å². The first-order valence-corrected chi connectivity index (χ1v) is 6.37. The van der Waals surface area contributed by atoms with Crippen LogP contribution in [0, 0.1) is 0 Å². The van der Waals surface area contributed by atoms with E-state index in [-0.39, 0.29) is 0 Å². The molecule has 0 fully saturated rings. The van der Waals surface area contributed by atoms with E-state index in [4.69, 9.17) is 0 Å². The molecule has 2 rings (SSSR count). The van der Waals surface area contributed by atoms with Crippen molar-refractivity contribution in [1.82, 2.24) is 0 Å². The quantitative estimate of drug-likeness (QED) is 0.814. The van der Waals surface area contributed by atoms with Crippen LogP contribution in [0.2, 0.25) is 0 Å². The van der Waals surface area contributed by atoms with Crippen LogP contribution in [-0.2, 0) is 0 Å². The van der Waals surface area contributed by atoms with Crippen molar-refractivity contribution in [3.05, 3.63) is 42.5 Å². The average molecular weight is 232 g/mol. The van der Waals surface area contributed by atoms with Gasteiger partial charge in [-0.05, 0) is 36.8 Å². The summed E-state index contributed by atoms with van der Waals surface area (Å²) in [4.78, 5) is 1.21. The van der Waals surface area contributed by atoms with Crippen LogP contribution in [-0.4, -0.2) is 16.5 Å². The first-order chi connectivity index (χ1) is 7.54. The number of rotatable bonds is 3. The molecule has 0 spiro atoms. The van der Waals surface area contributed by atoms with Crippen LogP contribution in [0.4, 0.5) is 0 Å². The van der Waals surface area contributed by atoms with Gasteiger partial charge in [-0.15, -0.1) is 11.8 Å². The Morgan fingerprint density at radius 1 is 1.06 bits per heavy atom. The Kier molecular flexibility index (Phi) is 3.22. The first kappa shape index (κ1) is 11.5. The third-order valence-electron chi connectivity index (χ3n) is 2.31. The molecule has 0 aliphatic carbocycles. The minimum Gasteiger partial charge on any atom is -0.390 e. The number of aliphatic hydroxyl groups is 1. The SMILES string of the molecule is CC(C)(O)CSc1ccc2ccccc2c1. The van der Waals surface area contributed by atoms with E-state index in [1.807, 2.05) is 26.0 Å². The van der Waals surface area contributed by atoms with Gasteiger partial charge in [-0.1, -0.05) is 30.3 Å². The summed E-state index contributed by atoms with van der Waals surface area (Å²) in [5.74, 6) is 0.714. The number of fused-ring (bicyclic) bond motifs is 1. The molecule has 16 heavy (non-hydrogen) atoms. The van der Waals surface area contributed by atoms with E-state index in [0.717, 1.165) is 0 Å². The van der Waals surface area contributed by atoms with E-state index in [9.17, 15) is 5.11 Å². The minimum absolute atomic E-state index is 0.615. The molecular formula is C14H16OS. The van der Waals surface area contributed by atoms with Gasteiger partial charge in [-0.3, -0.25) is 0 Å². The Labute approximate surface area is 100 Å². The highest BCUT2D eigenvalue weighted by atomic mass is 32.2. The molecule has 0 heterocycles. The number of benzene rings is 2. The lowest BCUT2D eigenvalue weighted by atomic mass is 10.1. The molecule has 0 saturated heterocycles. The van der Waals surface area contributed by atoms with Gasteiger partial charge in [0.2, 0.25) is 0 Å². The molecule has 0 bridgehead atoms. The fourth-order valence-electron chi connectivity index (χ4n) is 1.52. The second-order valence-corrected chi connectivity index (χ2v) is 5.66. The van der Waals surface area contributed by atoms with Gasteiger partial charge in [-0.2, -0.15) is 0 Å². The highest BCUT2D eigenvalue weighted by molar-refractivity contribution is 7.99. The van der Waals surface area contributed by atoms with Crippen LogP contribution in [0.1, 0.15) is 13.8 Å². The predicted molar refractivity (Wildman–Crippen MR) is 71.0 cm³/mol. The largest absolute Gasteiger partial charge is 0.390 e. The maximum atomic E-state index is 9.67. The summed E-state index contributed by atoms with van der Waals surface area (Å²) in [5, 5.41) is 12.2. The van der Waals surface area contributed by atoms with Gasteiger partial charge in [0.05, 0.1) is 5.60 Å². The summed E-state index contributed by atoms with van der Waals surface area (Å²) in [5.41, 5.74) is -0.615. The molecule has 84 valence electrons. The lowest BCUT2D eigenvalue weighted by Crippen LogP contribution is -2.21. The van der Waals surface area contributed by atoms with Crippen LogP contribution in [0.3, 0.4) is 0 Å². The molecular weight excluding hydrogens is 216 g/mol. The van der Waals surface area contributed by atoms with Crippen molar-refractivity contribution in [2.75, 3.05) is 5.75 Å². The number of hydrogen-bond donors (Lipinski definition) is 1. The van der Waals surface area contributed by atoms with Crippen LogP contribution in [0.15, 0.2) is 47.4 Å². The van der Waals surface area contributed by atoms with E-state index in [1.165, 1.54) is 15.7 Å². The van der Waals surface area contributed by atoms with Gasteiger partial charge in [0.1, 0.15) is 0 Å². The summed E-state index contributed by atoms with van der Waals surface area (Å²) >= 11 is 1.69. The molecule has 2 aromatic rings. The highest BCUT2D eigenvalue weighted by Gasteiger charge is 2.12. The molecule has 0 atom stereocenters. The van der Waals surface area contributed by atoms with Crippen molar-refractivity contribution in [2.45, 2.75) is 24.3 Å². The van der Waals surface area contributed by atoms with Crippen LogP contribution in [0.5, 0.6) is 0 Å². The van der Waals surface area contributed by atoms with Crippen molar-refractivity contribution in [1.29, 1.82) is 0 Å². The Morgan fingerprint density at radius 3 is 2.44 bits per heavy atom. The Balaban J connectivity index is 2.20. The van der Waals surface area contributed by atoms with Crippen molar-refractivity contribution in [2.24, 2.45) is 0 Å². The second kappa shape index (κ2) is 4.48. The van der Waals surface area contributed by atoms with Crippen molar-refractivity contribution in [3.8, 4) is 0 Å². The lowest BCUT2D eigenvalue weighted by molar-refractivity contribution is 0.107. The van der Waals surface area contributed by atoms with E-state index in [2.05, 4.69) is 30.3 Å². The van der Waals surface area contributed by atoms with Gasteiger partial charge >= 0.3 is 0 Å². The molecule has 0 saturated carbocycles. The molecule has 2 heteroatoms. The van der Waals surface area contributed by atoms with E-state index < -0.39 is 5.60 Å². The highest BCUT2D eigenvalue weighted by Crippen LogP contribution is 2.26. The van der Waals surface area contributed by atoms with Gasteiger partial charge in [0.15, 0.2) is 0 Å². The smallest absolute Gasteiger partial charge is 0.0685 e. The summed E-state index contributed by atoms with van der Waals surface area (Å²) in [6.45, 7) is 3.67. The van der Waals surface area contributed by atoms with Gasteiger partial charge < -0.3 is 5.11 Å². The third kappa shape index (κ3) is 3.00. The Morgan fingerprint density at radius 2 is 1.75 bits per heavy atom. The fraction of sp³-hybridized carbons (Fsp3) is 0.286. The summed E-state index contributed by atoms with van der Waals surface area (Å²) in [6, 6.07) is 14.7. The maximum absolute atomic E-state index is 9.67. The molecule has 0 aliphatic rings. The van der Waals surface area contributed by atoms with Gasteiger partial charge in [0.25, 0.3) is 0 Å². The molecule has 1 N–H and O–H groups in total. The van der Waals surface area contributed by atoms with Gasteiger partial charge in [0, 0.05) is 10.6 Å². The second-order valence-electron chi connectivity index (χ2n) is 4.61. The topological polar surface area (TPSA) is 20.2 Å². The van der Waals surface area contributed by atoms with Crippen LogP contribution < -0.4 is 0 Å². The summed E-state index contributed by atoms with van der Waals surface area (Å²) in [6.07, 6.45) is 0. The molecule has 2 aromatic carbocycles. The standard InChI is InChI=1S/C14H16OS/c1-14(2,15)10-16-13-8-7-11-5-3-4-6-12(11)9-13/h3-9,15H,10H2,1-2H3. The summed E-state index contributed by atoms with van der Waals surface area (Å²) in [7, 11) is 0. The van der Waals surface area contributed by atoms with E-state index >= 15 is 0 Å². The summed E-state index contributed by atoms with van der Waals surface area (Å²) < 4.78 is 0. The zero-order valence-electron chi connectivity index (χ0n) is 9.60.